The molecule has 0 fully saturated rings. The number of thiazole rings is 1. The standard InChI is InChI=1S/C12H15F3N4OS/c1-18(2)11-17-9(16)8(21-11)10(20)19-5-3-7(4-6-19)12(13,14)15/h3H,4-6,16H2,1-2H3. The Morgan fingerprint density at radius 1 is 1.48 bits per heavy atom. The van der Waals surface area contributed by atoms with E-state index in [1.54, 1.807) is 19.0 Å². The molecule has 1 aliphatic rings. The molecule has 0 unspecified atom stereocenters. The van der Waals surface area contributed by atoms with E-state index < -0.39 is 11.7 Å². The second-order valence-electron chi connectivity index (χ2n) is 4.83. The monoisotopic (exact) mass is 320 g/mol. The predicted octanol–water partition coefficient (Wildman–Crippen LogP) is 2.13. The van der Waals surface area contributed by atoms with E-state index in [-0.39, 0.29) is 36.1 Å². The molecular weight excluding hydrogens is 305 g/mol. The van der Waals surface area contributed by atoms with E-state index in [4.69, 9.17) is 5.73 Å². The normalized spacial score (nSPS) is 15.9. The molecule has 0 aromatic carbocycles. The summed E-state index contributed by atoms with van der Waals surface area (Å²) in [6.07, 6.45) is -3.48. The number of hydrogen-bond acceptors (Lipinski definition) is 5. The number of halogens is 3. The average molecular weight is 320 g/mol. The first-order valence-corrected chi connectivity index (χ1v) is 7.01. The van der Waals surface area contributed by atoms with Gasteiger partial charge in [0.15, 0.2) is 5.13 Å². The molecular formula is C12H15F3N4OS. The summed E-state index contributed by atoms with van der Waals surface area (Å²) in [4.78, 5) is 19.7. The summed E-state index contributed by atoms with van der Waals surface area (Å²) in [6, 6.07) is 0. The lowest BCUT2D eigenvalue weighted by Crippen LogP contribution is -2.36. The van der Waals surface area contributed by atoms with Gasteiger partial charge in [0.1, 0.15) is 10.7 Å². The summed E-state index contributed by atoms with van der Waals surface area (Å²) < 4.78 is 37.6. The fraction of sp³-hybridized carbons (Fsp3) is 0.500. The molecule has 9 heteroatoms. The molecule has 2 heterocycles. The highest BCUT2D eigenvalue weighted by atomic mass is 32.1. The van der Waals surface area contributed by atoms with Crippen LogP contribution in [0.4, 0.5) is 24.1 Å². The van der Waals surface area contributed by atoms with E-state index in [0.29, 0.717) is 5.13 Å². The first kappa shape index (κ1) is 15.6. The molecule has 0 saturated carbocycles. The van der Waals surface area contributed by atoms with Gasteiger partial charge in [-0.15, -0.1) is 0 Å². The zero-order valence-corrected chi connectivity index (χ0v) is 12.4. The number of carbonyl (C=O) groups excluding carboxylic acids is 1. The van der Waals surface area contributed by atoms with Gasteiger partial charge in [-0.1, -0.05) is 17.4 Å². The van der Waals surface area contributed by atoms with Crippen molar-refractivity contribution in [3.8, 4) is 0 Å². The molecule has 21 heavy (non-hydrogen) atoms. The zero-order valence-electron chi connectivity index (χ0n) is 11.6. The zero-order chi connectivity index (χ0) is 15.8. The van der Waals surface area contributed by atoms with E-state index in [1.165, 1.54) is 4.90 Å². The first-order chi connectivity index (χ1) is 9.70. The Labute approximate surface area is 123 Å². The summed E-state index contributed by atoms with van der Waals surface area (Å²) in [7, 11) is 3.54. The van der Waals surface area contributed by atoms with Crippen molar-refractivity contribution in [1.82, 2.24) is 9.88 Å². The fourth-order valence-corrected chi connectivity index (χ4v) is 2.80. The molecule has 0 spiro atoms. The molecule has 1 amide bonds. The van der Waals surface area contributed by atoms with Crippen LogP contribution in [0.3, 0.4) is 0 Å². The number of hydrogen-bond donors (Lipinski definition) is 1. The Morgan fingerprint density at radius 3 is 2.57 bits per heavy atom. The highest BCUT2D eigenvalue weighted by molar-refractivity contribution is 7.18. The van der Waals surface area contributed by atoms with Gasteiger partial charge in [-0.3, -0.25) is 4.79 Å². The number of nitrogens with zero attached hydrogens (tertiary/aromatic N) is 3. The number of aromatic nitrogens is 1. The van der Waals surface area contributed by atoms with Crippen LogP contribution < -0.4 is 10.6 Å². The Bertz CT molecular complexity index is 580. The molecule has 0 aliphatic carbocycles. The highest BCUT2D eigenvalue weighted by Gasteiger charge is 2.36. The molecule has 116 valence electrons. The Morgan fingerprint density at radius 2 is 2.14 bits per heavy atom. The highest BCUT2D eigenvalue weighted by Crippen LogP contribution is 2.32. The van der Waals surface area contributed by atoms with Crippen molar-refractivity contribution in [2.45, 2.75) is 12.6 Å². The molecule has 0 radical (unpaired) electrons. The van der Waals surface area contributed by atoms with Crippen LogP contribution in [0.2, 0.25) is 0 Å². The van der Waals surface area contributed by atoms with Crippen LogP contribution in [-0.4, -0.2) is 49.2 Å². The maximum atomic E-state index is 12.5. The number of rotatable bonds is 2. The minimum Gasteiger partial charge on any atom is -0.382 e. The van der Waals surface area contributed by atoms with Crippen LogP contribution >= 0.6 is 11.3 Å². The number of nitrogens with two attached hydrogens (primary N) is 1. The van der Waals surface area contributed by atoms with Crippen LogP contribution in [-0.2, 0) is 0 Å². The lowest BCUT2D eigenvalue weighted by molar-refractivity contribution is -0.0957. The van der Waals surface area contributed by atoms with Crippen molar-refractivity contribution in [3.63, 3.8) is 0 Å². The third kappa shape index (κ3) is 3.29. The summed E-state index contributed by atoms with van der Waals surface area (Å²) in [5, 5.41) is 0.583. The van der Waals surface area contributed by atoms with Gasteiger partial charge in [0.2, 0.25) is 0 Å². The summed E-state index contributed by atoms with van der Waals surface area (Å²) in [5.74, 6) is -0.269. The van der Waals surface area contributed by atoms with E-state index in [2.05, 4.69) is 4.98 Å². The Hall–Kier alpha value is -1.77. The van der Waals surface area contributed by atoms with E-state index in [1.807, 2.05) is 0 Å². The van der Waals surface area contributed by atoms with Crippen molar-refractivity contribution in [1.29, 1.82) is 0 Å². The molecule has 1 aromatic heterocycles. The van der Waals surface area contributed by atoms with Gasteiger partial charge >= 0.3 is 6.18 Å². The fourth-order valence-electron chi connectivity index (χ4n) is 1.92. The van der Waals surface area contributed by atoms with Gasteiger partial charge in [-0.25, -0.2) is 4.98 Å². The molecule has 1 aromatic rings. The predicted molar refractivity (Wildman–Crippen MR) is 75.5 cm³/mol. The third-order valence-electron chi connectivity index (χ3n) is 3.08. The van der Waals surface area contributed by atoms with Crippen LogP contribution in [0, 0.1) is 0 Å². The van der Waals surface area contributed by atoms with Crippen LogP contribution in [0.25, 0.3) is 0 Å². The van der Waals surface area contributed by atoms with Crippen LogP contribution in [0.5, 0.6) is 0 Å². The maximum absolute atomic E-state index is 12.5. The Kier molecular flexibility index (Phi) is 4.13. The lowest BCUT2D eigenvalue weighted by atomic mass is 10.1. The molecule has 5 nitrogen and oxygen atoms in total. The van der Waals surface area contributed by atoms with E-state index in [9.17, 15) is 18.0 Å². The molecule has 1 aliphatic heterocycles. The molecule has 0 bridgehead atoms. The Balaban J connectivity index is 2.14. The second-order valence-corrected chi connectivity index (χ2v) is 5.81. The van der Waals surface area contributed by atoms with Crippen molar-refractivity contribution < 1.29 is 18.0 Å². The van der Waals surface area contributed by atoms with Crippen molar-refractivity contribution in [2.24, 2.45) is 0 Å². The number of carbonyl (C=O) groups is 1. The van der Waals surface area contributed by atoms with Gasteiger partial charge in [0, 0.05) is 32.8 Å². The van der Waals surface area contributed by atoms with Gasteiger partial charge < -0.3 is 15.5 Å². The number of amides is 1. The van der Waals surface area contributed by atoms with Crippen LogP contribution in [0.1, 0.15) is 16.1 Å². The first-order valence-electron chi connectivity index (χ1n) is 6.19. The molecule has 0 atom stereocenters. The van der Waals surface area contributed by atoms with Crippen molar-refractivity contribution in [2.75, 3.05) is 37.8 Å². The second kappa shape index (κ2) is 5.55. The SMILES string of the molecule is CN(C)c1nc(N)c(C(=O)N2CC=C(C(F)(F)F)CC2)s1. The minimum atomic E-state index is -4.32. The lowest BCUT2D eigenvalue weighted by Gasteiger charge is -2.26. The number of alkyl halides is 3. The van der Waals surface area contributed by atoms with Gasteiger partial charge in [-0.2, -0.15) is 13.2 Å². The molecule has 2 N–H and O–H groups in total. The number of nitrogen functional groups attached to an aromatic ring is 1. The smallest absolute Gasteiger partial charge is 0.382 e. The van der Waals surface area contributed by atoms with Crippen molar-refractivity contribution in [3.05, 3.63) is 16.5 Å². The third-order valence-corrected chi connectivity index (χ3v) is 4.31. The van der Waals surface area contributed by atoms with E-state index in [0.717, 1.165) is 17.4 Å². The molecule has 0 saturated heterocycles. The van der Waals surface area contributed by atoms with E-state index >= 15 is 0 Å². The summed E-state index contributed by atoms with van der Waals surface area (Å²) in [5.41, 5.74) is 5.13. The topological polar surface area (TPSA) is 62.5 Å². The summed E-state index contributed by atoms with van der Waals surface area (Å²) in [6.45, 7) is -0.0405. The maximum Gasteiger partial charge on any atom is 0.412 e. The average Bonchev–Trinajstić information content (AvgIpc) is 2.79. The largest absolute Gasteiger partial charge is 0.412 e. The van der Waals surface area contributed by atoms with Gasteiger partial charge in [-0.05, 0) is 6.42 Å². The number of anilines is 2. The van der Waals surface area contributed by atoms with Crippen LogP contribution in [0.15, 0.2) is 11.6 Å². The molecule has 2 rings (SSSR count). The van der Waals surface area contributed by atoms with Crippen molar-refractivity contribution >= 4 is 28.2 Å². The van der Waals surface area contributed by atoms with Gasteiger partial charge in [0.05, 0.1) is 0 Å². The summed E-state index contributed by atoms with van der Waals surface area (Å²) >= 11 is 1.13. The quantitative estimate of drug-likeness (QED) is 0.848. The van der Waals surface area contributed by atoms with Gasteiger partial charge in [0.25, 0.3) is 5.91 Å². The minimum absolute atomic E-state index is 0.0266.